The molecule has 0 spiro atoms. The van der Waals surface area contributed by atoms with Gasteiger partial charge < -0.3 is 24.8 Å². The first-order valence-corrected chi connectivity index (χ1v) is 11.1. The van der Waals surface area contributed by atoms with E-state index in [9.17, 15) is 27.9 Å². The number of ether oxygens (including phenoxy) is 2. The van der Waals surface area contributed by atoms with E-state index < -0.39 is 40.9 Å². The molecule has 13 heteroatoms. The Morgan fingerprint density at radius 1 is 1.16 bits per heavy atom. The number of benzene rings is 2. The van der Waals surface area contributed by atoms with Crippen molar-refractivity contribution in [2.45, 2.75) is 19.2 Å². The second-order valence-corrected chi connectivity index (χ2v) is 8.33. The Hall–Kier alpha value is -4.70. The lowest BCUT2D eigenvalue weighted by Crippen LogP contribution is -2.53. The van der Waals surface area contributed by atoms with E-state index in [1.807, 2.05) is 6.07 Å². The first-order chi connectivity index (χ1) is 18.0. The topological polar surface area (TPSA) is 138 Å². The molecule has 1 aliphatic heterocycles. The Morgan fingerprint density at radius 2 is 1.89 bits per heavy atom. The molecular formula is C25H20F3N5O5. The summed E-state index contributed by atoms with van der Waals surface area (Å²) in [6.07, 6.45) is -5.50. The highest BCUT2D eigenvalue weighted by molar-refractivity contribution is 6.07. The number of hydrogen-bond acceptors (Lipinski definition) is 8. The van der Waals surface area contributed by atoms with E-state index in [2.05, 4.69) is 15.5 Å². The third kappa shape index (κ3) is 5.35. The molecule has 1 aromatic heterocycles. The third-order valence-electron chi connectivity index (χ3n) is 5.70. The van der Waals surface area contributed by atoms with Gasteiger partial charge in [-0.05, 0) is 42.8 Å². The Kier molecular flexibility index (Phi) is 7.18. The smallest absolute Gasteiger partial charge is 0.435 e. The van der Waals surface area contributed by atoms with Crippen LogP contribution in [0.15, 0.2) is 42.5 Å². The lowest BCUT2D eigenvalue weighted by molar-refractivity contribution is -0.142. The maximum atomic E-state index is 13.6. The van der Waals surface area contributed by atoms with Crippen molar-refractivity contribution in [2.75, 3.05) is 25.5 Å². The number of hydrogen-bond donors (Lipinski definition) is 2. The van der Waals surface area contributed by atoms with Crippen LogP contribution in [0.2, 0.25) is 0 Å². The van der Waals surface area contributed by atoms with Crippen molar-refractivity contribution in [1.29, 1.82) is 5.26 Å². The number of amides is 2. The van der Waals surface area contributed by atoms with Crippen LogP contribution in [-0.4, -0.2) is 58.3 Å². The molecule has 2 N–H and O–H groups in total. The van der Waals surface area contributed by atoms with Gasteiger partial charge in [0.1, 0.15) is 5.56 Å². The third-order valence-corrected chi connectivity index (χ3v) is 5.70. The molecule has 0 unspecified atom stereocenters. The Morgan fingerprint density at radius 3 is 2.53 bits per heavy atom. The SMILES string of the molecule is COc1cc(C#N)ccc1Oc1nnc(C(F)(F)F)c(C)c1C(=O)Nc1cccc(C(=O)N2CC(O)C2)c1. The highest BCUT2D eigenvalue weighted by Gasteiger charge is 2.38. The van der Waals surface area contributed by atoms with E-state index in [0.29, 0.717) is 0 Å². The predicted molar refractivity (Wildman–Crippen MR) is 126 cm³/mol. The maximum Gasteiger partial charge on any atom is 0.435 e. The number of methoxy groups -OCH3 is 1. The summed E-state index contributed by atoms with van der Waals surface area (Å²) in [5.74, 6) is -1.83. The summed E-state index contributed by atoms with van der Waals surface area (Å²) < 4.78 is 51.6. The second-order valence-electron chi connectivity index (χ2n) is 8.33. The van der Waals surface area contributed by atoms with Crippen LogP contribution >= 0.6 is 0 Å². The standard InChI is InChI=1S/C25H20F3N5O5/c1-13-20(22(35)30-16-5-3-4-15(9-16)24(36)33-11-17(34)12-33)23(32-31-21(13)25(26,27)28)38-18-7-6-14(10-29)8-19(18)37-2/h3-9,17,34H,11-12H2,1-2H3,(H,30,35). The summed E-state index contributed by atoms with van der Waals surface area (Å²) in [5.41, 5.74) is -1.86. The van der Waals surface area contributed by atoms with E-state index in [1.54, 1.807) is 0 Å². The number of carbonyl (C=O) groups is 2. The summed E-state index contributed by atoms with van der Waals surface area (Å²) in [6.45, 7) is 1.42. The molecule has 1 fully saturated rings. The molecule has 0 bridgehead atoms. The van der Waals surface area contributed by atoms with Gasteiger partial charge in [-0.2, -0.15) is 18.4 Å². The number of aromatic nitrogens is 2. The zero-order chi connectivity index (χ0) is 27.6. The number of aliphatic hydroxyl groups excluding tert-OH is 1. The molecule has 2 amide bonds. The summed E-state index contributed by atoms with van der Waals surface area (Å²) in [5, 5.41) is 27.7. The lowest BCUT2D eigenvalue weighted by atomic mass is 10.1. The number of anilines is 1. The average molecular weight is 527 g/mol. The quantitative estimate of drug-likeness (QED) is 0.497. The van der Waals surface area contributed by atoms with Gasteiger partial charge in [-0.3, -0.25) is 9.59 Å². The highest BCUT2D eigenvalue weighted by Crippen LogP contribution is 2.37. The molecule has 0 saturated carbocycles. The van der Waals surface area contributed by atoms with E-state index in [4.69, 9.17) is 14.7 Å². The molecule has 1 aliphatic rings. The number of nitrogens with one attached hydrogen (secondary N) is 1. The molecule has 1 saturated heterocycles. The molecule has 196 valence electrons. The first-order valence-electron chi connectivity index (χ1n) is 11.1. The van der Waals surface area contributed by atoms with Crippen LogP contribution in [0, 0.1) is 18.3 Å². The van der Waals surface area contributed by atoms with Gasteiger partial charge in [-0.1, -0.05) is 6.07 Å². The monoisotopic (exact) mass is 527 g/mol. The van der Waals surface area contributed by atoms with Gasteiger partial charge in [0.15, 0.2) is 17.2 Å². The van der Waals surface area contributed by atoms with Crippen molar-refractivity contribution in [3.63, 3.8) is 0 Å². The van der Waals surface area contributed by atoms with E-state index >= 15 is 0 Å². The second kappa shape index (κ2) is 10.3. The molecular weight excluding hydrogens is 507 g/mol. The largest absolute Gasteiger partial charge is 0.493 e. The number of rotatable bonds is 6. The van der Waals surface area contributed by atoms with Crippen LogP contribution in [0.5, 0.6) is 17.4 Å². The van der Waals surface area contributed by atoms with Crippen molar-refractivity contribution in [3.8, 4) is 23.4 Å². The van der Waals surface area contributed by atoms with Crippen LogP contribution < -0.4 is 14.8 Å². The normalized spacial score (nSPS) is 13.3. The number of aliphatic hydroxyl groups is 1. The first kappa shape index (κ1) is 26.4. The van der Waals surface area contributed by atoms with Crippen LogP contribution in [0.1, 0.15) is 37.5 Å². The van der Waals surface area contributed by atoms with E-state index in [-0.39, 0.29) is 47.3 Å². The zero-order valence-electron chi connectivity index (χ0n) is 20.0. The fourth-order valence-corrected chi connectivity index (χ4v) is 3.76. The van der Waals surface area contributed by atoms with E-state index in [0.717, 1.165) is 6.92 Å². The minimum atomic E-state index is -4.90. The van der Waals surface area contributed by atoms with Gasteiger partial charge in [-0.15, -0.1) is 10.2 Å². The maximum absolute atomic E-state index is 13.6. The summed E-state index contributed by atoms with van der Waals surface area (Å²) in [4.78, 5) is 27.2. The van der Waals surface area contributed by atoms with Gasteiger partial charge >= 0.3 is 6.18 Å². The van der Waals surface area contributed by atoms with Gasteiger partial charge in [-0.25, -0.2) is 0 Å². The molecule has 38 heavy (non-hydrogen) atoms. The summed E-state index contributed by atoms with van der Waals surface area (Å²) in [7, 11) is 1.30. The Bertz CT molecular complexity index is 1450. The molecule has 2 heterocycles. The molecule has 3 aromatic rings. The van der Waals surface area contributed by atoms with Crippen LogP contribution in [0.3, 0.4) is 0 Å². The van der Waals surface area contributed by atoms with Crippen molar-refractivity contribution >= 4 is 17.5 Å². The minimum Gasteiger partial charge on any atom is -0.493 e. The van der Waals surface area contributed by atoms with Crippen molar-refractivity contribution < 1.29 is 37.3 Å². The van der Waals surface area contributed by atoms with Crippen LogP contribution in [-0.2, 0) is 6.18 Å². The van der Waals surface area contributed by atoms with Gasteiger partial charge in [0, 0.05) is 30.4 Å². The number of carbonyl (C=O) groups excluding carboxylic acids is 2. The molecule has 2 aromatic carbocycles. The average Bonchev–Trinajstić information content (AvgIpc) is 2.86. The molecule has 4 rings (SSSR count). The summed E-state index contributed by atoms with van der Waals surface area (Å²) >= 11 is 0. The fraction of sp³-hybridized carbons (Fsp3) is 0.240. The minimum absolute atomic E-state index is 0.0154. The summed E-state index contributed by atoms with van der Waals surface area (Å²) in [6, 6.07) is 11.8. The van der Waals surface area contributed by atoms with E-state index in [1.165, 1.54) is 54.5 Å². The number of β-amino-alcohol motifs (C(OH)–C–C–N with tert-alkyl or cyclic N) is 1. The van der Waals surface area contributed by atoms with Gasteiger partial charge in [0.25, 0.3) is 17.7 Å². The Labute approximate surface area is 214 Å². The molecule has 0 atom stereocenters. The van der Waals surface area contributed by atoms with Crippen molar-refractivity contribution in [3.05, 3.63) is 70.4 Å². The lowest BCUT2D eigenvalue weighted by Gasteiger charge is -2.35. The van der Waals surface area contributed by atoms with Crippen LogP contribution in [0.4, 0.5) is 18.9 Å². The number of likely N-dealkylation sites (tertiary alicyclic amines) is 1. The number of nitriles is 1. The molecule has 0 radical (unpaired) electrons. The number of alkyl halides is 3. The van der Waals surface area contributed by atoms with Crippen molar-refractivity contribution in [1.82, 2.24) is 15.1 Å². The molecule has 0 aliphatic carbocycles. The van der Waals surface area contributed by atoms with Gasteiger partial charge in [0.05, 0.1) is 24.8 Å². The van der Waals surface area contributed by atoms with Gasteiger partial charge in [0.2, 0.25) is 0 Å². The Balaban J connectivity index is 1.69. The van der Waals surface area contributed by atoms with Crippen molar-refractivity contribution in [2.24, 2.45) is 0 Å². The fourth-order valence-electron chi connectivity index (χ4n) is 3.76. The van der Waals surface area contributed by atoms with Crippen LogP contribution in [0.25, 0.3) is 0 Å². The molecule has 10 nitrogen and oxygen atoms in total. The predicted octanol–water partition coefficient (Wildman–Crippen LogP) is 3.55. The zero-order valence-corrected chi connectivity index (χ0v) is 20.0. The number of halogens is 3. The highest BCUT2D eigenvalue weighted by atomic mass is 19.4. The number of nitrogens with zero attached hydrogens (tertiary/aromatic N) is 4.